The molecule has 114 valence electrons. The molecule has 1 unspecified atom stereocenters. The standard InChI is InChI=1S/C10H20N2O.CH4O4S/c1-6-10(13)11-7-9(2)8-12(3,4)5;1-5-6(2,3)4/h6,9H,1,7-8H2,2-5H3;1H3,(H,2,3,4). The average Bonchev–Trinajstić information content (AvgIpc) is 2.23. The van der Waals surface area contributed by atoms with Gasteiger partial charge in [-0.25, -0.2) is 8.42 Å². The molecule has 0 aromatic rings. The van der Waals surface area contributed by atoms with Crippen molar-refractivity contribution in [2.45, 2.75) is 6.92 Å². The first-order valence-corrected chi connectivity index (χ1v) is 6.96. The van der Waals surface area contributed by atoms with Crippen LogP contribution in [0.25, 0.3) is 0 Å². The lowest BCUT2D eigenvalue weighted by Gasteiger charge is -2.27. The van der Waals surface area contributed by atoms with Gasteiger partial charge < -0.3 is 14.4 Å². The molecule has 0 aromatic heterocycles. The minimum absolute atomic E-state index is 0.0896. The summed E-state index contributed by atoms with van der Waals surface area (Å²) in [5, 5.41) is 2.79. The molecule has 0 aliphatic carbocycles. The van der Waals surface area contributed by atoms with Crippen molar-refractivity contribution in [1.82, 2.24) is 5.32 Å². The van der Waals surface area contributed by atoms with Crippen LogP contribution in [-0.2, 0) is 19.4 Å². The average molecular weight is 296 g/mol. The van der Waals surface area contributed by atoms with Gasteiger partial charge in [0.15, 0.2) is 0 Å². The van der Waals surface area contributed by atoms with Crippen LogP contribution in [0.1, 0.15) is 6.92 Å². The number of quaternary nitrogens is 1. The molecule has 0 aromatic carbocycles. The van der Waals surface area contributed by atoms with E-state index in [4.69, 9.17) is 0 Å². The summed E-state index contributed by atoms with van der Waals surface area (Å²) in [6.07, 6.45) is 1.30. The fraction of sp³-hybridized carbons (Fsp3) is 0.727. The summed E-state index contributed by atoms with van der Waals surface area (Å²) in [4.78, 5) is 10.8. The first kappa shape index (κ1) is 20.4. The maximum Gasteiger partial charge on any atom is 0.243 e. The SMILES string of the molecule is C=CC(=O)NCC(C)C[N+](C)(C)C.COS(=O)(=O)[O-]. The smallest absolute Gasteiger partial charge is 0.243 e. The van der Waals surface area contributed by atoms with Crippen molar-refractivity contribution in [2.75, 3.05) is 41.3 Å². The summed E-state index contributed by atoms with van der Waals surface area (Å²) in [6.45, 7) is 7.30. The third kappa shape index (κ3) is 19.6. The van der Waals surface area contributed by atoms with Crippen molar-refractivity contribution in [3.8, 4) is 0 Å². The molecular weight excluding hydrogens is 272 g/mol. The Morgan fingerprint density at radius 3 is 2.16 bits per heavy atom. The van der Waals surface area contributed by atoms with Crippen LogP contribution in [0.4, 0.5) is 0 Å². The van der Waals surface area contributed by atoms with E-state index in [0.717, 1.165) is 24.7 Å². The molecule has 0 rings (SSSR count). The highest BCUT2D eigenvalue weighted by Crippen LogP contribution is 2.00. The van der Waals surface area contributed by atoms with Gasteiger partial charge in [0, 0.05) is 12.5 Å². The van der Waals surface area contributed by atoms with Crippen LogP contribution in [0, 0.1) is 5.92 Å². The molecule has 1 amide bonds. The van der Waals surface area contributed by atoms with Crippen LogP contribution >= 0.6 is 0 Å². The molecular formula is C11H24N2O5S. The molecule has 7 nitrogen and oxygen atoms in total. The number of hydrogen-bond acceptors (Lipinski definition) is 5. The van der Waals surface area contributed by atoms with E-state index in [-0.39, 0.29) is 5.91 Å². The van der Waals surface area contributed by atoms with E-state index >= 15 is 0 Å². The summed E-state index contributed by atoms with van der Waals surface area (Å²) in [5.41, 5.74) is 0. The van der Waals surface area contributed by atoms with Crippen LogP contribution < -0.4 is 5.32 Å². The lowest BCUT2D eigenvalue weighted by Crippen LogP contribution is -2.41. The molecule has 0 radical (unpaired) electrons. The van der Waals surface area contributed by atoms with Gasteiger partial charge in [-0.05, 0) is 6.08 Å². The van der Waals surface area contributed by atoms with Gasteiger partial charge >= 0.3 is 0 Å². The Labute approximate surface area is 115 Å². The van der Waals surface area contributed by atoms with E-state index in [1.54, 1.807) is 0 Å². The van der Waals surface area contributed by atoms with Crippen LogP contribution in [0.15, 0.2) is 12.7 Å². The Morgan fingerprint density at radius 1 is 1.47 bits per heavy atom. The first-order chi connectivity index (χ1) is 8.41. The van der Waals surface area contributed by atoms with Crippen LogP contribution in [-0.4, -0.2) is 64.7 Å². The monoisotopic (exact) mass is 296 g/mol. The number of carbonyl (C=O) groups excluding carboxylic acids is 1. The fourth-order valence-electron chi connectivity index (χ4n) is 1.35. The summed E-state index contributed by atoms with van der Waals surface area (Å²) in [6, 6.07) is 0. The van der Waals surface area contributed by atoms with Gasteiger partial charge in [0.05, 0.1) is 34.8 Å². The zero-order valence-corrected chi connectivity index (χ0v) is 13.0. The molecule has 0 aliphatic heterocycles. The van der Waals surface area contributed by atoms with E-state index in [9.17, 15) is 17.8 Å². The van der Waals surface area contributed by atoms with Crippen molar-refractivity contribution >= 4 is 16.3 Å². The zero-order valence-electron chi connectivity index (χ0n) is 12.2. The van der Waals surface area contributed by atoms with Crippen molar-refractivity contribution in [3.63, 3.8) is 0 Å². The summed E-state index contributed by atoms with van der Waals surface area (Å²) < 4.78 is 31.9. The third-order valence-electron chi connectivity index (χ3n) is 1.87. The van der Waals surface area contributed by atoms with Crippen LogP contribution in [0.2, 0.25) is 0 Å². The molecule has 0 spiro atoms. The summed E-state index contributed by atoms with van der Waals surface area (Å²) >= 11 is 0. The predicted molar refractivity (Wildman–Crippen MR) is 72.0 cm³/mol. The van der Waals surface area contributed by atoms with Gasteiger partial charge in [-0.3, -0.25) is 8.98 Å². The van der Waals surface area contributed by atoms with Gasteiger partial charge in [0.25, 0.3) is 0 Å². The number of hydrogen-bond donors (Lipinski definition) is 1. The molecule has 0 aliphatic rings. The zero-order chi connectivity index (χ0) is 15.7. The van der Waals surface area contributed by atoms with Crippen molar-refractivity contribution in [2.24, 2.45) is 5.92 Å². The number of rotatable bonds is 6. The quantitative estimate of drug-likeness (QED) is 0.315. The Morgan fingerprint density at radius 2 is 1.89 bits per heavy atom. The molecule has 19 heavy (non-hydrogen) atoms. The highest BCUT2D eigenvalue weighted by molar-refractivity contribution is 7.80. The van der Waals surface area contributed by atoms with Gasteiger partial charge in [-0.15, -0.1) is 0 Å². The van der Waals surface area contributed by atoms with E-state index < -0.39 is 10.4 Å². The number of nitrogens with one attached hydrogen (secondary N) is 1. The minimum Gasteiger partial charge on any atom is -0.726 e. The topological polar surface area (TPSA) is 95.5 Å². The molecule has 0 saturated carbocycles. The Hall–Kier alpha value is -0.960. The number of nitrogens with zero attached hydrogens (tertiary/aromatic N) is 1. The fourth-order valence-corrected chi connectivity index (χ4v) is 1.35. The van der Waals surface area contributed by atoms with Crippen molar-refractivity contribution in [3.05, 3.63) is 12.7 Å². The largest absolute Gasteiger partial charge is 0.726 e. The predicted octanol–water partition coefficient (Wildman–Crippen LogP) is -0.276. The Bertz CT molecular complexity index is 373. The molecule has 1 atom stereocenters. The van der Waals surface area contributed by atoms with E-state index in [1.165, 1.54) is 6.08 Å². The van der Waals surface area contributed by atoms with Crippen LogP contribution in [0.5, 0.6) is 0 Å². The second-order valence-electron chi connectivity index (χ2n) is 5.10. The lowest BCUT2D eigenvalue weighted by molar-refractivity contribution is -0.873. The number of carbonyl (C=O) groups is 1. The molecule has 0 bridgehead atoms. The molecule has 0 fully saturated rings. The lowest BCUT2D eigenvalue weighted by atomic mass is 10.1. The highest BCUT2D eigenvalue weighted by atomic mass is 32.3. The molecule has 0 saturated heterocycles. The maximum absolute atomic E-state index is 10.8. The minimum atomic E-state index is -4.41. The van der Waals surface area contributed by atoms with Crippen LogP contribution in [0.3, 0.4) is 0 Å². The Kier molecular flexibility index (Phi) is 9.67. The van der Waals surface area contributed by atoms with E-state index in [1.807, 2.05) is 0 Å². The Balaban J connectivity index is 0. The van der Waals surface area contributed by atoms with Crippen molar-refractivity contribution in [1.29, 1.82) is 0 Å². The van der Waals surface area contributed by atoms with Gasteiger partial charge in [0.1, 0.15) is 0 Å². The molecule has 1 N–H and O–H groups in total. The van der Waals surface area contributed by atoms with Gasteiger partial charge in [-0.2, -0.15) is 0 Å². The van der Waals surface area contributed by atoms with Gasteiger partial charge in [0.2, 0.25) is 16.3 Å². The molecule has 8 heteroatoms. The van der Waals surface area contributed by atoms with E-state index in [2.05, 4.69) is 44.1 Å². The normalized spacial score (nSPS) is 12.9. The van der Waals surface area contributed by atoms with E-state index in [0.29, 0.717) is 5.92 Å². The van der Waals surface area contributed by atoms with Crippen molar-refractivity contribution < 1.29 is 26.4 Å². The number of amides is 1. The summed E-state index contributed by atoms with van der Waals surface area (Å²) in [5.74, 6) is 0.400. The first-order valence-electron chi connectivity index (χ1n) is 5.63. The second kappa shape index (κ2) is 9.03. The highest BCUT2D eigenvalue weighted by Gasteiger charge is 2.13. The second-order valence-corrected chi connectivity index (χ2v) is 6.25. The van der Waals surface area contributed by atoms with Gasteiger partial charge in [-0.1, -0.05) is 13.5 Å². The summed E-state index contributed by atoms with van der Waals surface area (Å²) in [7, 11) is 2.83. The molecule has 0 heterocycles. The maximum atomic E-state index is 10.8. The third-order valence-corrected chi connectivity index (χ3v) is 2.28.